The van der Waals surface area contributed by atoms with E-state index in [1.54, 1.807) is 11.3 Å². The number of aromatic nitrogens is 1. The van der Waals surface area contributed by atoms with E-state index in [1.807, 2.05) is 6.20 Å². The number of thiophene rings is 1. The number of para-hydroxylation sites is 1. The first kappa shape index (κ1) is 24.5. The molecule has 3 heteroatoms. The van der Waals surface area contributed by atoms with Crippen LogP contribution in [0.5, 0.6) is 0 Å². The van der Waals surface area contributed by atoms with E-state index in [2.05, 4.69) is 157 Å². The van der Waals surface area contributed by atoms with Crippen molar-refractivity contribution >= 4 is 59.5 Å². The van der Waals surface area contributed by atoms with Crippen LogP contribution >= 0.6 is 11.3 Å². The Kier molecular flexibility index (Phi) is 6.02. The van der Waals surface area contributed by atoms with Crippen LogP contribution in [0.3, 0.4) is 0 Å². The lowest BCUT2D eigenvalue weighted by Gasteiger charge is -2.28. The maximum atomic E-state index is 4.87. The number of pyridine rings is 1. The van der Waals surface area contributed by atoms with Crippen LogP contribution in [0.2, 0.25) is 0 Å². The van der Waals surface area contributed by atoms with Crippen LogP contribution in [0.1, 0.15) is 0 Å². The van der Waals surface area contributed by atoms with Crippen molar-refractivity contribution in [2.24, 2.45) is 0 Å². The van der Waals surface area contributed by atoms with Crippen LogP contribution in [0, 0.1) is 0 Å². The molecule has 0 amide bonds. The number of hydrogen-bond acceptors (Lipinski definition) is 3. The van der Waals surface area contributed by atoms with Crippen molar-refractivity contribution in [2.45, 2.75) is 0 Å². The summed E-state index contributed by atoms with van der Waals surface area (Å²) in [5, 5.41) is 4.90. The summed E-state index contributed by atoms with van der Waals surface area (Å²) >= 11 is 1.76. The van der Waals surface area contributed by atoms with E-state index in [4.69, 9.17) is 4.98 Å². The standard InChI is InChI=1S/C39H26N2S/c1-3-11-27(12-4-1)28-19-21-32(22-20-28)41(35-18-10-9-17-33(35)29-13-5-2-6-14-29)36-23-24-40-39-38(36)34-25-30-15-7-8-16-31(30)26-37(34)42-39/h1-26H. The fourth-order valence-electron chi connectivity index (χ4n) is 5.93. The maximum Gasteiger partial charge on any atom is 0.126 e. The van der Waals surface area contributed by atoms with Crippen LogP contribution in [0.15, 0.2) is 158 Å². The fraction of sp³-hybridized carbons (Fsp3) is 0. The number of rotatable bonds is 5. The van der Waals surface area contributed by atoms with Crippen LogP contribution in [-0.2, 0) is 0 Å². The van der Waals surface area contributed by atoms with E-state index < -0.39 is 0 Å². The van der Waals surface area contributed by atoms with Gasteiger partial charge in [-0.25, -0.2) is 4.98 Å². The summed E-state index contributed by atoms with van der Waals surface area (Å²) in [4.78, 5) is 8.31. The third kappa shape index (κ3) is 4.23. The van der Waals surface area contributed by atoms with Gasteiger partial charge in [0.05, 0.1) is 11.4 Å². The molecular formula is C39H26N2S. The minimum Gasteiger partial charge on any atom is -0.309 e. The molecule has 0 spiro atoms. The first-order valence-corrected chi connectivity index (χ1v) is 15.0. The molecule has 2 heterocycles. The zero-order chi connectivity index (χ0) is 27.9. The van der Waals surface area contributed by atoms with Crippen molar-refractivity contribution in [3.8, 4) is 22.3 Å². The van der Waals surface area contributed by atoms with Crippen molar-refractivity contribution in [3.05, 3.63) is 158 Å². The van der Waals surface area contributed by atoms with E-state index in [0.29, 0.717) is 0 Å². The Labute approximate surface area is 248 Å². The van der Waals surface area contributed by atoms with Gasteiger partial charge in [-0.1, -0.05) is 115 Å². The molecule has 0 unspecified atom stereocenters. The average Bonchev–Trinajstić information content (AvgIpc) is 3.43. The van der Waals surface area contributed by atoms with Gasteiger partial charge in [0.1, 0.15) is 4.83 Å². The summed E-state index contributed by atoms with van der Waals surface area (Å²) in [5.74, 6) is 0. The molecule has 2 nitrogen and oxygen atoms in total. The quantitative estimate of drug-likeness (QED) is 0.210. The lowest BCUT2D eigenvalue weighted by Crippen LogP contribution is -2.11. The summed E-state index contributed by atoms with van der Waals surface area (Å²) in [5.41, 5.74) is 8.13. The molecule has 198 valence electrons. The maximum absolute atomic E-state index is 4.87. The Morgan fingerprint density at radius 1 is 0.500 bits per heavy atom. The second-order valence-electron chi connectivity index (χ2n) is 10.4. The first-order valence-electron chi connectivity index (χ1n) is 14.1. The Hall–Kier alpha value is -5.25. The van der Waals surface area contributed by atoms with Gasteiger partial charge in [0, 0.05) is 32.9 Å². The molecule has 0 aliphatic rings. The molecule has 0 aliphatic carbocycles. The number of hydrogen-bond donors (Lipinski definition) is 0. The Balaban J connectivity index is 1.40. The fourth-order valence-corrected chi connectivity index (χ4v) is 7.02. The summed E-state index contributed by atoms with van der Waals surface area (Å²) in [6.07, 6.45) is 1.95. The SMILES string of the molecule is c1ccc(-c2ccc(N(c3ccccc3-c3ccccc3)c3ccnc4sc5cc6ccccc6cc5c34)cc2)cc1. The van der Waals surface area contributed by atoms with Gasteiger partial charge >= 0.3 is 0 Å². The van der Waals surface area contributed by atoms with Crippen molar-refractivity contribution in [2.75, 3.05) is 4.90 Å². The molecule has 0 saturated heterocycles. The highest BCUT2D eigenvalue weighted by molar-refractivity contribution is 7.25. The molecule has 0 saturated carbocycles. The lowest BCUT2D eigenvalue weighted by atomic mass is 10.0. The summed E-state index contributed by atoms with van der Waals surface area (Å²) in [6.45, 7) is 0. The van der Waals surface area contributed by atoms with E-state index in [0.717, 1.165) is 21.9 Å². The Morgan fingerprint density at radius 2 is 1.12 bits per heavy atom. The predicted molar refractivity (Wildman–Crippen MR) is 180 cm³/mol. The first-order chi connectivity index (χ1) is 20.8. The van der Waals surface area contributed by atoms with Gasteiger partial charge < -0.3 is 4.90 Å². The molecule has 0 fully saturated rings. The van der Waals surface area contributed by atoms with Crippen molar-refractivity contribution < 1.29 is 0 Å². The Morgan fingerprint density at radius 3 is 1.88 bits per heavy atom. The molecule has 42 heavy (non-hydrogen) atoms. The second-order valence-corrected chi connectivity index (χ2v) is 11.5. The molecule has 0 aliphatic heterocycles. The van der Waals surface area contributed by atoms with Gasteiger partial charge in [-0.15, -0.1) is 11.3 Å². The van der Waals surface area contributed by atoms with Gasteiger partial charge in [-0.05, 0) is 63.9 Å². The van der Waals surface area contributed by atoms with Gasteiger partial charge in [-0.3, -0.25) is 0 Å². The Bertz CT molecular complexity index is 2180. The lowest BCUT2D eigenvalue weighted by molar-refractivity contribution is 1.29. The van der Waals surface area contributed by atoms with Crippen molar-refractivity contribution in [1.29, 1.82) is 0 Å². The third-order valence-corrected chi connectivity index (χ3v) is 8.98. The second kappa shape index (κ2) is 10.3. The number of benzene rings is 6. The highest BCUT2D eigenvalue weighted by Gasteiger charge is 2.22. The van der Waals surface area contributed by atoms with Crippen LogP contribution in [0.25, 0.3) is 53.3 Å². The largest absolute Gasteiger partial charge is 0.309 e. The minimum atomic E-state index is 1.04. The van der Waals surface area contributed by atoms with Gasteiger partial charge in [0.15, 0.2) is 0 Å². The normalized spacial score (nSPS) is 11.3. The average molecular weight is 555 g/mol. The number of nitrogens with zero attached hydrogens (tertiary/aromatic N) is 2. The topological polar surface area (TPSA) is 16.1 Å². The van der Waals surface area contributed by atoms with E-state index in [-0.39, 0.29) is 0 Å². The smallest absolute Gasteiger partial charge is 0.126 e. The number of anilines is 3. The molecule has 0 N–H and O–H groups in total. The highest BCUT2D eigenvalue weighted by Crippen LogP contribution is 2.47. The van der Waals surface area contributed by atoms with Gasteiger partial charge in [0.2, 0.25) is 0 Å². The van der Waals surface area contributed by atoms with Crippen molar-refractivity contribution in [1.82, 2.24) is 4.98 Å². The molecule has 8 rings (SSSR count). The minimum absolute atomic E-state index is 1.04. The summed E-state index contributed by atoms with van der Waals surface area (Å²) < 4.78 is 1.25. The van der Waals surface area contributed by atoms with E-state index >= 15 is 0 Å². The van der Waals surface area contributed by atoms with Crippen LogP contribution in [-0.4, -0.2) is 4.98 Å². The molecular weight excluding hydrogens is 529 g/mol. The molecule has 6 aromatic carbocycles. The summed E-state index contributed by atoms with van der Waals surface area (Å²) in [7, 11) is 0. The molecule has 8 aromatic rings. The third-order valence-electron chi connectivity index (χ3n) is 7.92. The predicted octanol–water partition coefficient (Wildman–Crippen LogP) is 11.4. The van der Waals surface area contributed by atoms with E-state index in [1.165, 1.54) is 48.5 Å². The molecule has 0 radical (unpaired) electrons. The van der Waals surface area contributed by atoms with Crippen LogP contribution in [0.4, 0.5) is 17.1 Å². The van der Waals surface area contributed by atoms with Gasteiger partial charge in [0.25, 0.3) is 0 Å². The number of fused-ring (bicyclic) bond motifs is 4. The monoisotopic (exact) mass is 554 g/mol. The summed E-state index contributed by atoms with van der Waals surface area (Å²) in [6, 6.07) is 54.2. The zero-order valence-electron chi connectivity index (χ0n) is 22.8. The zero-order valence-corrected chi connectivity index (χ0v) is 23.6. The van der Waals surface area contributed by atoms with Crippen LogP contribution < -0.4 is 4.90 Å². The van der Waals surface area contributed by atoms with E-state index in [9.17, 15) is 0 Å². The molecule has 0 atom stereocenters. The highest BCUT2D eigenvalue weighted by atomic mass is 32.1. The van der Waals surface area contributed by atoms with Gasteiger partial charge in [-0.2, -0.15) is 0 Å². The molecule has 2 aromatic heterocycles. The van der Waals surface area contributed by atoms with Crippen molar-refractivity contribution in [3.63, 3.8) is 0 Å². The molecule has 0 bridgehead atoms.